The number of aromatic hydroxyl groups is 1. The summed E-state index contributed by atoms with van der Waals surface area (Å²) >= 11 is 5.72. The molecule has 0 aliphatic carbocycles. The molecule has 0 amide bonds. The Kier molecular flexibility index (Phi) is 4.34. The topological polar surface area (TPSA) is 105 Å². The van der Waals surface area contributed by atoms with Gasteiger partial charge in [0.05, 0.1) is 11.2 Å². The summed E-state index contributed by atoms with van der Waals surface area (Å²) in [4.78, 5) is 22.4. The van der Waals surface area contributed by atoms with Crippen LogP contribution in [0.15, 0.2) is 30.5 Å². The predicted molar refractivity (Wildman–Crippen MR) is 74.1 cm³/mol. The maximum atomic E-state index is 11.9. The average molecular weight is 308 g/mol. The maximum absolute atomic E-state index is 11.9. The van der Waals surface area contributed by atoms with E-state index in [4.69, 9.17) is 16.7 Å². The molecule has 8 heteroatoms. The summed E-state index contributed by atoms with van der Waals surface area (Å²) in [5.41, 5.74) is 0.668. The monoisotopic (exact) mass is 307 g/mol. The number of halogens is 1. The highest BCUT2D eigenvalue weighted by Crippen LogP contribution is 2.23. The smallest absolute Gasteiger partial charge is 0.325 e. The van der Waals surface area contributed by atoms with Crippen LogP contribution >= 0.6 is 11.6 Å². The van der Waals surface area contributed by atoms with Gasteiger partial charge in [-0.25, -0.2) is 4.68 Å². The van der Waals surface area contributed by atoms with E-state index >= 15 is 0 Å². The van der Waals surface area contributed by atoms with Gasteiger partial charge in [-0.2, -0.15) is 0 Å². The van der Waals surface area contributed by atoms with E-state index in [1.54, 1.807) is 0 Å². The Morgan fingerprint density at radius 3 is 2.81 bits per heavy atom. The van der Waals surface area contributed by atoms with Crippen molar-refractivity contribution in [2.24, 2.45) is 0 Å². The molecule has 0 radical (unpaired) electrons. The first-order valence-corrected chi connectivity index (χ1v) is 6.16. The summed E-state index contributed by atoms with van der Waals surface area (Å²) in [5.74, 6) is -1.47. The highest BCUT2D eigenvalue weighted by Gasteiger charge is 2.06. The number of phenolic OH excluding ortho intramolecular Hbond substituents is 1. The number of carboxylic acids is 1. The fraction of sp³-hybridized carbons (Fsp3) is 0.0769. The highest BCUT2D eigenvalue weighted by atomic mass is 35.5. The minimum absolute atomic E-state index is 0.0849. The molecule has 0 fully saturated rings. The van der Waals surface area contributed by atoms with Crippen molar-refractivity contribution in [1.29, 1.82) is 0 Å². The maximum Gasteiger partial charge on any atom is 0.325 e. The SMILES string of the molecule is O=C(O)Cn1cc(/C=C/C(=O)c2ccc(O)c(Cl)c2)nn1. The summed E-state index contributed by atoms with van der Waals surface area (Å²) in [6.45, 7) is -0.303. The zero-order valence-corrected chi connectivity index (χ0v) is 11.4. The van der Waals surface area contributed by atoms with Crippen LogP contribution in [0.4, 0.5) is 0 Å². The summed E-state index contributed by atoms with van der Waals surface area (Å²) < 4.78 is 1.14. The van der Waals surface area contributed by atoms with Crippen molar-refractivity contribution >= 4 is 29.4 Å². The van der Waals surface area contributed by atoms with E-state index in [2.05, 4.69) is 10.3 Å². The van der Waals surface area contributed by atoms with Crippen LogP contribution in [0.3, 0.4) is 0 Å². The number of nitrogens with zero attached hydrogens (tertiary/aromatic N) is 3. The van der Waals surface area contributed by atoms with E-state index in [0.29, 0.717) is 11.3 Å². The van der Waals surface area contributed by atoms with E-state index in [-0.39, 0.29) is 23.1 Å². The molecular formula is C13H10ClN3O4. The minimum Gasteiger partial charge on any atom is -0.506 e. The summed E-state index contributed by atoms with van der Waals surface area (Å²) in [7, 11) is 0. The van der Waals surface area contributed by atoms with Gasteiger partial charge in [-0.3, -0.25) is 9.59 Å². The summed E-state index contributed by atoms with van der Waals surface area (Å²) in [6.07, 6.45) is 4.08. The molecule has 2 N–H and O–H groups in total. The molecule has 1 aromatic heterocycles. The molecule has 0 bridgehead atoms. The van der Waals surface area contributed by atoms with Crippen molar-refractivity contribution in [3.05, 3.63) is 46.8 Å². The molecule has 0 spiro atoms. The number of carbonyl (C=O) groups is 2. The molecule has 0 atom stereocenters. The number of carbonyl (C=O) groups excluding carboxylic acids is 1. The first-order valence-electron chi connectivity index (χ1n) is 5.78. The van der Waals surface area contributed by atoms with Gasteiger partial charge in [0.2, 0.25) is 0 Å². The van der Waals surface area contributed by atoms with Crippen LogP contribution in [0.25, 0.3) is 6.08 Å². The van der Waals surface area contributed by atoms with Gasteiger partial charge >= 0.3 is 5.97 Å². The van der Waals surface area contributed by atoms with Gasteiger partial charge in [0.25, 0.3) is 0 Å². The third-order valence-electron chi connectivity index (χ3n) is 2.49. The Hall–Kier alpha value is -2.67. The lowest BCUT2D eigenvalue weighted by atomic mass is 10.1. The Bertz CT molecular complexity index is 724. The molecule has 2 aromatic rings. The number of hydrogen-bond donors (Lipinski definition) is 2. The van der Waals surface area contributed by atoms with Crippen LogP contribution in [0.5, 0.6) is 5.75 Å². The zero-order valence-electron chi connectivity index (χ0n) is 10.6. The quantitative estimate of drug-likeness (QED) is 0.642. The minimum atomic E-state index is -1.04. The molecule has 0 unspecified atom stereocenters. The van der Waals surface area contributed by atoms with Crippen molar-refractivity contribution in [2.45, 2.75) is 6.54 Å². The fourth-order valence-corrected chi connectivity index (χ4v) is 1.70. The molecule has 108 valence electrons. The van der Waals surface area contributed by atoms with Gasteiger partial charge in [-0.05, 0) is 30.4 Å². The van der Waals surface area contributed by atoms with Crippen LogP contribution in [0.2, 0.25) is 5.02 Å². The Balaban J connectivity index is 2.09. The second-order valence-corrected chi connectivity index (χ2v) is 4.51. The normalized spacial score (nSPS) is 10.9. The summed E-state index contributed by atoms with van der Waals surface area (Å²) in [5, 5.41) is 25.3. The van der Waals surface area contributed by atoms with Crippen molar-refractivity contribution in [1.82, 2.24) is 15.0 Å². The van der Waals surface area contributed by atoms with Gasteiger partial charge in [-0.15, -0.1) is 5.10 Å². The number of aliphatic carboxylic acids is 1. The molecule has 21 heavy (non-hydrogen) atoms. The molecule has 1 aromatic carbocycles. The number of carboxylic acid groups (broad SMARTS) is 1. The van der Waals surface area contributed by atoms with Crippen molar-refractivity contribution in [3.63, 3.8) is 0 Å². The van der Waals surface area contributed by atoms with E-state index in [0.717, 1.165) is 4.68 Å². The second-order valence-electron chi connectivity index (χ2n) is 4.10. The first kappa shape index (κ1) is 14.7. The number of benzene rings is 1. The fourth-order valence-electron chi connectivity index (χ4n) is 1.52. The third-order valence-corrected chi connectivity index (χ3v) is 2.79. The predicted octanol–water partition coefficient (Wildman–Crippen LogP) is 1.62. The zero-order chi connectivity index (χ0) is 15.4. The van der Waals surface area contributed by atoms with Gasteiger partial charge in [0.1, 0.15) is 18.0 Å². The molecule has 1 heterocycles. The lowest BCUT2D eigenvalue weighted by Gasteiger charge is -1.98. The lowest BCUT2D eigenvalue weighted by Crippen LogP contribution is -2.08. The van der Waals surface area contributed by atoms with Crippen LogP contribution in [0.1, 0.15) is 16.1 Å². The van der Waals surface area contributed by atoms with Crippen molar-refractivity contribution < 1.29 is 19.8 Å². The summed E-state index contributed by atoms with van der Waals surface area (Å²) in [6, 6.07) is 4.12. The van der Waals surface area contributed by atoms with Crippen LogP contribution < -0.4 is 0 Å². The van der Waals surface area contributed by atoms with E-state index in [1.165, 1.54) is 36.5 Å². The number of allylic oxidation sites excluding steroid dienone is 1. The highest BCUT2D eigenvalue weighted by molar-refractivity contribution is 6.32. The largest absolute Gasteiger partial charge is 0.506 e. The van der Waals surface area contributed by atoms with E-state index < -0.39 is 5.97 Å². The van der Waals surface area contributed by atoms with Gasteiger partial charge in [-0.1, -0.05) is 16.8 Å². The van der Waals surface area contributed by atoms with Gasteiger partial charge < -0.3 is 10.2 Å². The number of rotatable bonds is 5. The molecule has 2 rings (SSSR count). The van der Waals surface area contributed by atoms with E-state index in [1.807, 2.05) is 0 Å². The van der Waals surface area contributed by atoms with Crippen LogP contribution in [-0.2, 0) is 11.3 Å². The Morgan fingerprint density at radius 1 is 1.38 bits per heavy atom. The Morgan fingerprint density at radius 2 is 2.14 bits per heavy atom. The van der Waals surface area contributed by atoms with E-state index in [9.17, 15) is 14.7 Å². The molecule has 0 aliphatic heterocycles. The van der Waals surface area contributed by atoms with Crippen LogP contribution in [-0.4, -0.2) is 37.0 Å². The second kappa shape index (κ2) is 6.19. The first-order chi connectivity index (χ1) is 9.95. The molecule has 0 aliphatic rings. The molecule has 0 saturated heterocycles. The number of ketones is 1. The van der Waals surface area contributed by atoms with Gasteiger partial charge in [0, 0.05) is 5.56 Å². The van der Waals surface area contributed by atoms with Gasteiger partial charge in [0.15, 0.2) is 5.78 Å². The number of hydrogen-bond acceptors (Lipinski definition) is 5. The molecular weight excluding hydrogens is 298 g/mol. The van der Waals surface area contributed by atoms with Crippen molar-refractivity contribution in [2.75, 3.05) is 0 Å². The number of aromatic nitrogens is 3. The third kappa shape index (κ3) is 3.90. The average Bonchev–Trinajstić information content (AvgIpc) is 2.86. The standard InChI is InChI=1S/C13H10ClN3O4/c14-10-5-8(1-3-12(10)19)11(18)4-2-9-6-17(16-15-9)7-13(20)21/h1-6,19H,7H2,(H,20,21)/b4-2+. The molecule has 7 nitrogen and oxygen atoms in total. The molecule has 0 saturated carbocycles. The number of phenols is 1. The lowest BCUT2D eigenvalue weighted by molar-refractivity contribution is -0.137. The Labute approximate surface area is 124 Å². The van der Waals surface area contributed by atoms with Crippen molar-refractivity contribution in [3.8, 4) is 5.75 Å². The van der Waals surface area contributed by atoms with Crippen LogP contribution in [0, 0.1) is 0 Å².